The molecule has 0 aliphatic rings. The van der Waals surface area contributed by atoms with E-state index < -0.39 is 0 Å². The molecule has 0 radical (unpaired) electrons. The Kier molecular flexibility index (Phi) is 3.14. The van der Waals surface area contributed by atoms with Crippen molar-refractivity contribution in [3.63, 3.8) is 0 Å². The first-order chi connectivity index (χ1) is 6.43. The van der Waals surface area contributed by atoms with E-state index in [1.54, 1.807) is 0 Å². The van der Waals surface area contributed by atoms with E-state index in [9.17, 15) is 4.79 Å². The van der Waals surface area contributed by atoms with Crippen LogP contribution in [0.4, 0.5) is 0 Å². The molecule has 2 heteroatoms. The third-order valence-corrected chi connectivity index (χ3v) is 2.20. The summed E-state index contributed by atoms with van der Waals surface area (Å²) in [7, 11) is 0. The lowest BCUT2D eigenvalue weighted by Crippen LogP contribution is -2.09. The lowest BCUT2D eigenvalue weighted by atomic mass is 9.97. The molecule has 1 aromatic rings. The molecule has 1 heterocycles. The first-order valence-corrected chi connectivity index (χ1v) is 5.08. The molecule has 14 heavy (non-hydrogen) atoms. The second kappa shape index (κ2) is 3.99. The number of Topliss-reactive ketones (excluding diaryl/α,β-unsaturated/α-hetero) is 1. The van der Waals surface area contributed by atoms with E-state index in [4.69, 9.17) is 4.42 Å². The molecule has 0 saturated heterocycles. The zero-order chi connectivity index (χ0) is 10.9. The fourth-order valence-corrected chi connectivity index (χ4v) is 1.46. The Bertz CT molecular complexity index is 332. The summed E-state index contributed by atoms with van der Waals surface area (Å²) in [6.07, 6.45) is 0. The van der Waals surface area contributed by atoms with Crippen molar-refractivity contribution in [2.45, 2.75) is 40.5 Å². The average Bonchev–Trinajstić information content (AvgIpc) is 2.45. The predicted octanol–water partition coefficient (Wildman–Crippen LogP) is 3.55. The van der Waals surface area contributed by atoms with Crippen molar-refractivity contribution in [1.29, 1.82) is 0 Å². The van der Waals surface area contributed by atoms with E-state index >= 15 is 0 Å². The van der Waals surface area contributed by atoms with Gasteiger partial charge in [0.25, 0.3) is 0 Å². The van der Waals surface area contributed by atoms with Crippen LogP contribution in [0.1, 0.15) is 55.5 Å². The van der Waals surface area contributed by atoms with Gasteiger partial charge in [-0.05, 0) is 13.0 Å². The minimum Gasteiger partial charge on any atom is -0.465 e. The molecule has 0 saturated carbocycles. The van der Waals surface area contributed by atoms with Crippen LogP contribution >= 0.6 is 0 Å². The lowest BCUT2D eigenvalue weighted by molar-refractivity contribution is 0.0937. The second-order valence-electron chi connectivity index (χ2n) is 4.31. The van der Waals surface area contributed by atoms with Crippen molar-refractivity contribution < 1.29 is 9.21 Å². The molecular formula is C12H18O2. The molecule has 0 aliphatic carbocycles. The molecule has 1 aromatic heterocycles. The van der Waals surface area contributed by atoms with Crippen LogP contribution in [0.25, 0.3) is 0 Å². The maximum Gasteiger partial charge on any atom is 0.168 e. The van der Waals surface area contributed by atoms with Crippen LogP contribution in [0, 0.1) is 12.8 Å². The van der Waals surface area contributed by atoms with Crippen LogP contribution in [0.15, 0.2) is 10.5 Å². The molecule has 0 aliphatic heterocycles. The van der Waals surface area contributed by atoms with Gasteiger partial charge in [-0.3, -0.25) is 4.79 Å². The van der Waals surface area contributed by atoms with Crippen LogP contribution in [-0.2, 0) is 0 Å². The van der Waals surface area contributed by atoms with E-state index in [1.165, 1.54) is 0 Å². The average molecular weight is 194 g/mol. The molecule has 2 nitrogen and oxygen atoms in total. The number of furan rings is 1. The number of aryl methyl sites for hydroxylation is 1. The predicted molar refractivity (Wildman–Crippen MR) is 56.7 cm³/mol. The first kappa shape index (κ1) is 11.0. The minimum atomic E-state index is 0.0319. The Morgan fingerprint density at radius 1 is 1.29 bits per heavy atom. The van der Waals surface area contributed by atoms with Gasteiger partial charge in [-0.1, -0.05) is 27.7 Å². The van der Waals surface area contributed by atoms with Gasteiger partial charge in [0, 0.05) is 11.8 Å². The van der Waals surface area contributed by atoms with Crippen molar-refractivity contribution in [3.8, 4) is 0 Å². The number of hydrogen-bond acceptors (Lipinski definition) is 2. The van der Waals surface area contributed by atoms with E-state index in [2.05, 4.69) is 0 Å². The molecule has 0 unspecified atom stereocenters. The van der Waals surface area contributed by atoms with Crippen LogP contribution in [0.2, 0.25) is 0 Å². The van der Waals surface area contributed by atoms with Crippen LogP contribution in [-0.4, -0.2) is 5.78 Å². The van der Waals surface area contributed by atoms with Gasteiger partial charge in [-0.15, -0.1) is 0 Å². The number of hydrogen-bond donors (Lipinski definition) is 0. The third-order valence-electron chi connectivity index (χ3n) is 2.20. The number of carbonyl (C=O) groups excluding carboxylic acids is 1. The summed E-state index contributed by atoms with van der Waals surface area (Å²) in [5.41, 5.74) is 0.757. The highest BCUT2D eigenvalue weighted by Crippen LogP contribution is 2.25. The molecule has 0 spiro atoms. The highest BCUT2D eigenvalue weighted by atomic mass is 16.3. The Morgan fingerprint density at radius 2 is 1.86 bits per heavy atom. The SMILES string of the molecule is Cc1cc(C(=O)C(C)C)c(C(C)C)o1. The smallest absolute Gasteiger partial charge is 0.168 e. The molecule has 78 valence electrons. The summed E-state index contributed by atoms with van der Waals surface area (Å²) < 4.78 is 5.53. The monoisotopic (exact) mass is 194 g/mol. The summed E-state index contributed by atoms with van der Waals surface area (Å²) in [4.78, 5) is 11.8. The number of ketones is 1. The van der Waals surface area contributed by atoms with Gasteiger partial charge in [-0.2, -0.15) is 0 Å². The maximum atomic E-state index is 11.8. The molecule has 1 rings (SSSR count). The molecule has 0 N–H and O–H groups in total. The van der Waals surface area contributed by atoms with E-state index in [0.29, 0.717) is 0 Å². The molecule has 0 bridgehead atoms. The molecule has 0 fully saturated rings. The van der Waals surface area contributed by atoms with Gasteiger partial charge in [0.05, 0.1) is 5.56 Å². The number of rotatable bonds is 3. The van der Waals surface area contributed by atoms with Crippen molar-refractivity contribution in [2.75, 3.05) is 0 Å². The van der Waals surface area contributed by atoms with Crippen LogP contribution in [0.5, 0.6) is 0 Å². The van der Waals surface area contributed by atoms with Gasteiger partial charge in [0.2, 0.25) is 0 Å². The van der Waals surface area contributed by atoms with E-state index in [0.717, 1.165) is 17.1 Å². The third kappa shape index (κ3) is 2.06. The second-order valence-corrected chi connectivity index (χ2v) is 4.31. The van der Waals surface area contributed by atoms with Crippen LogP contribution in [0.3, 0.4) is 0 Å². The fourth-order valence-electron chi connectivity index (χ4n) is 1.46. The van der Waals surface area contributed by atoms with Crippen molar-refractivity contribution in [1.82, 2.24) is 0 Å². The van der Waals surface area contributed by atoms with Crippen molar-refractivity contribution >= 4 is 5.78 Å². The summed E-state index contributed by atoms with van der Waals surface area (Å²) >= 11 is 0. The number of carbonyl (C=O) groups is 1. The van der Waals surface area contributed by atoms with E-state index in [-0.39, 0.29) is 17.6 Å². The maximum absolute atomic E-state index is 11.8. The fraction of sp³-hybridized carbons (Fsp3) is 0.583. The Labute approximate surface area is 85.3 Å². The summed E-state index contributed by atoms with van der Waals surface area (Å²) in [6.45, 7) is 9.78. The Balaban J connectivity index is 3.13. The summed E-state index contributed by atoms with van der Waals surface area (Å²) in [5, 5.41) is 0. The quantitative estimate of drug-likeness (QED) is 0.689. The minimum absolute atomic E-state index is 0.0319. The van der Waals surface area contributed by atoms with Gasteiger partial charge in [0.1, 0.15) is 11.5 Å². The largest absolute Gasteiger partial charge is 0.465 e. The zero-order valence-electron chi connectivity index (χ0n) is 9.55. The molecule has 0 atom stereocenters. The van der Waals surface area contributed by atoms with Gasteiger partial charge < -0.3 is 4.42 Å². The highest BCUT2D eigenvalue weighted by Gasteiger charge is 2.20. The first-order valence-electron chi connectivity index (χ1n) is 5.08. The topological polar surface area (TPSA) is 30.2 Å². The summed E-state index contributed by atoms with van der Waals surface area (Å²) in [5.74, 6) is 2.11. The van der Waals surface area contributed by atoms with Crippen LogP contribution < -0.4 is 0 Å². The van der Waals surface area contributed by atoms with Gasteiger partial charge >= 0.3 is 0 Å². The lowest BCUT2D eigenvalue weighted by Gasteiger charge is -2.06. The molecule has 0 aromatic carbocycles. The Hall–Kier alpha value is -1.05. The summed E-state index contributed by atoms with van der Waals surface area (Å²) in [6, 6.07) is 1.84. The van der Waals surface area contributed by atoms with Gasteiger partial charge in [0.15, 0.2) is 5.78 Å². The normalized spacial score (nSPS) is 11.4. The highest BCUT2D eigenvalue weighted by molar-refractivity contribution is 5.98. The standard InChI is InChI=1S/C12H18O2/c1-7(2)11(13)10-6-9(5)14-12(10)8(3)4/h6-8H,1-5H3. The van der Waals surface area contributed by atoms with Crippen molar-refractivity contribution in [3.05, 3.63) is 23.2 Å². The zero-order valence-corrected chi connectivity index (χ0v) is 9.55. The van der Waals surface area contributed by atoms with E-state index in [1.807, 2.05) is 40.7 Å². The molecule has 0 amide bonds. The molecular weight excluding hydrogens is 176 g/mol. The van der Waals surface area contributed by atoms with Crippen molar-refractivity contribution in [2.24, 2.45) is 5.92 Å². The Morgan fingerprint density at radius 3 is 2.29 bits per heavy atom. The van der Waals surface area contributed by atoms with Gasteiger partial charge in [-0.25, -0.2) is 0 Å².